The predicted molar refractivity (Wildman–Crippen MR) is 79.3 cm³/mol. The van der Waals surface area contributed by atoms with Gasteiger partial charge in [0.2, 0.25) is 10.0 Å². The number of carbonyl (C=O) groups is 1. The summed E-state index contributed by atoms with van der Waals surface area (Å²) in [6.45, 7) is 0.506. The Morgan fingerprint density at radius 1 is 1.24 bits per heavy atom. The van der Waals surface area contributed by atoms with Crippen molar-refractivity contribution in [3.8, 4) is 0 Å². The van der Waals surface area contributed by atoms with Gasteiger partial charge in [0.25, 0.3) is 0 Å². The second kappa shape index (κ2) is 7.04. The fraction of sp³-hybridized carbons (Fsp3) is 0.533. The first kappa shape index (κ1) is 16.0. The number of nitrogens with one attached hydrogen (secondary N) is 1. The van der Waals surface area contributed by atoms with Crippen molar-refractivity contribution in [2.75, 3.05) is 13.7 Å². The van der Waals surface area contributed by atoms with Crippen molar-refractivity contribution >= 4 is 16.0 Å². The molecule has 0 saturated heterocycles. The van der Waals surface area contributed by atoms with E-state index in [2.05, 4.69) is 9.46 Å². The van der Waals surface area contributed by atoms with Crippen LogP contribution in [-0.2, 0) is 26.0 Å². The quantitative estimate of drug-likeness (QED) is 0.814. The molecule has 5 nitrogen and oxygen atoms in total. The molecule has 2 rings (SSSR count). The lowest BCUT2D eigenvalue weighted by molar-refractivity contribution is -0.139. The van der Waals surface area contributed by atoms with Gasteiger partial charge in [0.05, 0.1) is 18.4 Å². The molecule has 0 aliphatic heterocycles. The Kier molecular flexibility index (Phi) is 5.36. The topological polar surface area (TPSA) is 72.5 Å². The molecule has 1 fully saturated rings. The minimum Gasteiger partial charge on any atom is -0.469 e. The van der Waals surface area contributed by atoms with Crippen LogP contribution >= 0.6 is 0 Å². The molecule has 0 atom stereocenters. The summed E-state index contributed by atoms with van der Waals surface area (Å²) in [4.78, 5) is 11.4. The van der Waals surface area contributed by atoms with Gasteiger partial charge in [-0.1, -0.05) is 25.0 Å². The number of sulfonamides is 1. The van der Waals surface area contributed by atoms with E-state index in [1.165, 1.54) is 32.1 Å². The highest BCUT2D eigenvalue weighted by atomic mass is 32.2. The highest BCUT2D eigenvalue weighted by Gasteiger charge is 2.19. The summed E-state index contributed by atoms with van der Waals surface area (Å²) >= 11 is 0. The molecule has 1 aliphatic carbocycles. The normalized spacial score (nSPS) is 16.0. The number of ether oxygens (including phenoxy) is 1. The van der Waals surface area contributed by atoms with Gasteiger partial charge in [0.1, 0.15) is 0 Å². The fourth-order valence-electron chi connectivity index (χ4n) is 2.55. The Morgan fingerprint density at radius 2 is 1.86 bits per heavy atom. The minimum atomic E-state index is -3.46. The Bertz CT molecular complexity index is 574. The van der Waals surface area contributed by atoms with Crippen LogP contribution in [0.4, 0.5) is 0 Å². The number of hydrogen-bond donors (Lipinski definition) is 1. The second-order valence-corrected chi connectivity index (χ2v) is 7.17. The molecular weight excluding hydrogens is 290 g/mol. The lowest BCUT2D eigenvalue weighted by atomic mass is 10.1. The third-order valence-electron chi connectivity index (χ3n) is 3.85. The highest BCUT2D eigenvalue weighted by molar-refractivity contribution is 7.89. The van der Waals surface area contributed by atoms with E-state index >= 15 is 0 Å². The molecular formula is C15H21NO4S. The second-order valence-electron chi connectivity index (χ2n) is 5.40. The first-order valence-corrected chi connectivity index (χ1v) is 8.65. The van der Waals surface area contributed by atoms with Crippen LogP contribution in [0.25, 0.3) is 0 Å². The maximum Gasteiger partial charge on any atom is 0.309 e. The van der Waals surface area contributed by atoms with Crippen LogP contribution in [0.1, 0.15) is 31.2 Å². The van der Waals surface area contributed by atoms with Gasteiger partial charge in [-0.15, -0.1) is 0 Å². The number of rotatable bonds is 6. The fourth-order valence-corrected chi connectivity index (χ4v) is 3.67. The van der Waals surface area contributed by atoms with Crippen molar-refractivity contribution in [3.63, 3.8) is 0 Å². The standard InChI is InChI=1S/C15H21NO4S/c1-20-15(17)10-12-6-8-14(9-7-12)21(18,19)16-11-13-4-2-3-5-13/h6-9,13,16H,2-5,10-11H2,1H3. The summed E-state index contributed by atoms with van der Waals surface area (Å²) in [6, 6.07) is 6.33. The Morgan fingerprint density at radius 3 is 2.43 bits per heavy atom. The molecule has 0 unspecified atom stereocenters. The Balaban J connectivity index is 1.97. The lowest BCUT2D eigenvalue weighted by Gasteiger charge is -2.11. The molecule has 0 heterocycles. The van der Waals surface area contributed by atoms with Crippen molar-refractivity contribution in [2.24, 2.45) is 5.92 Å². The zero-order valence-corrected chi connectivity index (χ0v) is 13.0. The Hall–Kier alpha value is -1.40. The van der Waals surface area contributed by atoms with E-state index < -0.39 is 10.0 Å². The van der Waals surface area contributed by atoms with Crippen molar-refractivity contribution in [2.45, 2.75) is 37.0 Å². The Labute approximate surface area is 125 Å². The van der Waals surface area contributed by atoms with Crippen LogP contribution in [0.2, 0.25) is 0 Å². The van der Waals surface area contributed by atoms with Crippen molar-refractivity contribution in [1.82, 2.24) is 4.72 Å². The minimum absolute atomic E-state index is 0.145. The van der Waals surface area contributed by atoms with E-state index in [-0.39, 0.29) is 17.3 Å². The molecule has 0 amide bonds. The van der Waals surface area contributed by atoms with Crippen LogP contribution in [0.3, 0.4) is 0 Å². The van der Waals surface area contributed by atoms with E-state index in [1.807, 2.05) is 0 Å². The molecule has 116 valence electrons. The number of hydrogen-bond acceptors (Lipinski definition) is 4. The van der Waals surface area contributed by atoms with Gasteiger partial charge in [-0.3, -0.25) is 4.79 Å². The van der Waals surface area contributed by atoms with E-state index in [4.69, 9.17) is 0 Å². The van der Waals surface area contributed by atoms with Gasteiger partial charge in [0, 0.05) is 6.54 Å². The highest BCUT2D eigenvalue weighted by Crippen LogP contribution is 2.24. The molecule has 1 aromatic carbocycles. The summed E-state index contributed by atoms with van der Waals surface area (Å²) < 4.78 is 31.6. The SMILES string of the molecule is COC(=O)Cc1ccc(S(=O)(=O)NCC2CCCC2)cc1. The summed E-state index contributed by atoms with van der Waals surface area (Å²) in [5.74, 6) is 0.114. The van der Waals surface area contributed by atoms with Gasteiger partial charge in [-0.05, 0) is 36.5 Å². The van der Waals surface area contributed by atoms with Crippen molar-refractivity contribution in [3.05, 3.63) is 29.8 Å². The van der Waals surface area contributed by atoms with Crippen molar-refractivity contribution < 1.29 is 17.9 Å². The van der Waals surface area contributed by atoms with Gasteiger partial charge < -0.3 is 4.74 Å². The van der Waals surface area contributed by atoms with Crippen LogP contribution in [-0.4, -0.2) is 28.0 Å². The molecule has 1 saturated carbocycles. The smallest absolute Gasteiger partial charge is 0.309 e. The molecule has 0 aromatic heterocycles. The van der Waals surface area contributed by atoms with E-state index in [0.717, 1.165) is 18.4 Å². The van der Waals surface area contributed by atoms with Crippen molar-refractivity contribution in [1.29, 1.82) is 0 Å². The van der Waals surface area contributed by atoms with Crippen LogP contribution in [0.5, 0.6) is 0 Å². The average molecular weight is 311 g/mol. The third-order valence-corrected chi connectivity index (χ3v) is 5.29. The monoisotopic (exact) mass is 311 g/mol. The number of esters is 1. The maximum absolute atomic E-state index is 12.2. The summed E-state index contributed by atoms with van der Waals surface area (Å²) in [5, 5.41) is 0. The van der Waals surface area contributed by atoms with Crippen LogP contribution in [0, 0.1) is 5.92 Å². The van der Waals surface area contributed by atoms with Crippen LogP contribution < -0.4 is 4.72 Å². The summed E-state index contributed by atoms with van der Waals surface area (Å²) in [5.41, 5.74) is 0.733. The first-order valence-electron chi connectivity index (χ1n) is 7.16. The number of benzene rings is 1. The third kappa shape index (κ3) is 4.54. The predicted octanol–water partition coefficient (Wildman–Crippen LogP) is 1.87. The van der Waals surface area contributed by atoms with Gasteiger partial charge in [-0.2, -0.15) is 0 Å². The van der Waals surface area contributed by atoms with Gasteiger partial charge in [-0.25, -0.2) is 13.1 Å². The number of carbonyl (C=O) groups excluding carboxylic acids is 1. The number of methoxy groups -OCH3 is 1. The summed E-state index contributed by atoms with van der Waals surface area (Å²) in [6.07, 6.45) is 4.72. The van der Waals surface area contributed by atoms with Gasteiger partial charge in [0.15, 0.2) is 0 Å². The molecule has 21 heavy (non-hydrogen) atoms. The van der Waals surface area contributed by atoms with Crippen LogP contribution in [0.15, 0.2) is 29.2 Å². The molecule has 0 radical (unpaired) electrons. The molecule has 0 bridgehead atoms. The molecule has 0 spiro atoms. The van der Waals surface area contributed by atoms with Gasteiger partial charge >= 0.3 is 5.97 Å². The zero-order valence-electron chi connectivity index (χ0n) is 12.2. The molecule has 1 N–H and O–H groups in total. The maximum atomic E-state index is 12.2. The largest absolute Gasteiger partial charge is 0.469 e. The zero-order chi connectivity index (χ0) is 15.3. The lowest BCUT2D eigenvalue weighted by Crippen LogP contribution is -2.28. The molecule has 1 aromatic rings. The van der Waals surface area contributed by atoms with E-state index in [9.17, 15) is 13.2 Å². The molecule has 1 aliphatic rings. The van der Waals surface area contributed by atoms with E-state index in [1.54, 1.807) is 12.1 Å². The average Bonchev–Trinajstić information content (AvgIpc) is 2.99. The molecule has 6 heteroatoms. The summed E-state index contributed by atoms with van der Waals surface area (Å²) in [7, 11) is -2.14. The first-order chi connectivity index (χ1) is 10.0. The van der Waals surface area contributed by atoms with E-state index in [0.29, 0.717) is 12.5 Å².